The average molecular weight is 412 g/mol. The van der Waals surface area contributed by atoms with E-state index in [0.717, 1.165) is 35.3 Å². The quantitative estimate of drug-likeness (QED) is 0.391. The molecule has 3 aromatic carbocycles. The first-order valence-corrected chi connectivity index (χ1v) is 10.3. The van der Waals surface area contributed by atoms with E-state index in [2.05, 4.69) is 20.6 Å². The number of para-hydroxylation sites is 2. The maximum Gasteiger partial charge on any atom is 0.255 e. The summed E-state index contributed by atoms with van der Waals surface area (Å²) in [6, 6.07) is 22.2. The summed E-state index contributed by atoms with van der Waals surface area (Å²) in [5, 5.41) is 5.83. The topological polar surface area (TPSA) is 86.9 Å². The van der Waals surface area contributed by atoms with Crippen LogP contribution in [0.3, 0.4) is 0 Å². The summed E-state index contributed by atoms with van der Waals surface area (Å²) < 4.78 is 0. The number of fused-ring (bicyclic) bond motifs is 1. The van der Waals surface area contributed by atoms with Crippen LogP contribution in [0, 0.1) is 6.92 Å². The first kappa shape index (κ1) is 20.3. The summed E-state index contributed by atoms with van der Waals surface area (Å²) in [4.78, 5) is 32.9. The summed E-state index contributed by atoms with van der Waals surface area (Å²) in [5.41, 5.74) is 4.58. The predicted octanol–water partition coefficient (Wildman–Crippen LogP) is 4.49. The Morgan fingerprint density at radius 2 is 1.68 bits per heavy atom. The van der Waals surface area contributed by atoms with E-state index in [1.807, 2.05) is 55.5 Å². The monoisotopic (exact) mass is 412 g/mol. The Morgan fingerprint density at radius 1 is 0.903 bits per heavy atom. The number of amides is 2. The van der Waals surface area contributed by atoms with Gasteiger partial charge in [0.05, 0.1) is 11.0 Å². The molecule has 0 saturated heterocycles. The van der Waals surface area contributed by atoms with Crippen LogP contribution in [-0.4, -0.2) is 28.3 Å². The molecule has 1 heterocycles. The SMILES string of the molecule is Cc1ccc(C(=O)NCCCc2nc3ccccc3[nH]2)cc1NC(=O)c1ccccc1. The zero-order valence-electron chi connectivity index (χ0n) is 17.3. The smallest absolute Gasteiger partial charge is 0.255 e. The normalized spacial score (nSPS) is 10.7. The number of rotatable bonds is 7. The van der Waals surface area contributed by atoms with Crippen molar-refractivity contribution in [3.05, 3.63) is 95.3 Å². The third-order valence-corrected chi connectivity index (χ3v) is 5.10. The van der Waals surface area contributed by atoms with Crippen LogP contribution in [0.25, 0.3) is 11.0 Å². The highest BCUT2D eigenvalue weighted by Crippen LogP contribution is 2.18. The number of H-pyrrole nitrogens is 1. The molecule has 0 aliphatic rings. The number of hydrogen-bond donors (Lipinski definition) is 3. The summed E-state index contributed by atoms with van der Waals surface area (Å²) in [5.74, 6) is 0.545. The van der Waals surface area contributed by atoms with E-state index in [0.29, 0.717) is 23.4 Å². The van der Waals surface area contributed by atoms with E-state index in [4.69, 9.17) is 0 Å². The number of anilines is 1. The third-order valence-electron chi connectivity index (χ3n) is 5.10. The largest absolute Gasteiger partial charge is 0.352 e. The molecule has 31 heavy (non-hydrogen) atoms. The third kappa shape index (κ3) is 4.98. The molecule has 0 unspecified atom stereocenters. The number of imidazole rings is 1. The van der Waals surface area contributed by atoms with Crippen molar-refractivity contribution in [2.24, 2.45) is 0 Å². The molecule has 6 nitrogen and oxygen atoms in total. The Morgan fingerprint density at radius 3 is 2.48 bits per heavy atom. The highest BCUT2D eigenvalue weighted by molar-refractivity contribution is 6.05. The second-order valence-electron chi connectivity index (χ2n) is 7.41. The van der Waals surface area contributed by atoms with Gasteiger partial charge in [-0.2, -0.15) is 0 Å². The highest BCUT2D eigenvalue weighted by Gasteiger charge is 2.11. The molecular formula is C25H24N4O2. The summed E-state index contributed by atoms with van der Waals surface area (Å²) >= 11 is 0. The highest BCUT2D eigenvalue weighted by atomic mass is 16.2. The van der Waals surface area contributed by atoms with E-state index in [-0.39, 0.29) is 11.8 Å². The van der Waals surface area contributed by atoms with Gasteiger partial charge in [0.1, 0.15) is 5.82 Å². The molecule has 0 bridgehead atoms. The maximum absolute atomic E-state index is 12.6. The predicted molar refractivity (Wildman–Crippen MR) is 122 cm³/mol. The van der Waals surface area contributed by atoms with Crippen LogP contribution in [0.1, 0.15) is 38.5 Å². The van der Waals surface area contributed by atoms with E-state index in [9.17, 15) is 9.59 Å². The summed E-state index contributed by atoms with van der Waals surface area (Å²) in [6.07, 6.45) is 1.52. The van der Waals surface area contributed by atoms with Gasteiger partial charge in [-0.15, -0.1) is 0 Å². The van der Waals surface area contributed by atoms with Crippen LogP contribution in [0.2, 0.25) is 0 Å². The molecular weight excluding hydrogens is 388 g/mol. The van der Waals surface area contributed by atoms with Gasteiger partial charge in [0.2, 0.25) is 0 Å². The van der Waals surface area contributed by atoms with Crippen molar-refractivity contribution in [2.45, 2.75) is 19.8 Å². The lowest BCUT2D eigenvalue weighted by Crippen LogP contribution is -2.25. The molecule has 6 heteroatoms. The van der Waals surface area contributed by atoms with Crippen LogP contribution in [0.15, 0.2) is 72.8 Å². The van der Waals surface area contributed by atoms with Crippen LogP contribution in [0.4, 0.5) is 5.69 Å². The first-order chi connectivity index (χ1) is 15.1. The molecule has 0 atom stereocenters. The first-order valence-electron chi connectivity index (χ1n) is 10.3. The Labute approximate surface area is 180 Å². The lowest BCUT2D eigenvalue weighted by atomic mass is 10.1. The number of nitrogens with one attached hydrogen (secondary N) is 3. The van der Waals surface area contributed by atoms with Gasteiger partial charge in [0.25, 0.3) is 11.8 Å². The second-order valence-corrected chi connectivity index (χ2v) is 7.41. The van der Waals surface area contributed by atoms with Gasteiger partial charge in [0, 0.05) is 29.8 Å². The molecule has 0 radical (unpaired) electrons. The van der Waals surface area contributed by atoms with Crippen molar-refractivity contribution in [1.82, 2.24) is 15.3 Å². The molecule has 0 aliphatic carbocycles. The Hall–Kier alpha value is -3.93. The van der Waals surface area contributed by atoms with Crippen LogP contribution in [0.5, 0.6) is 0 Å². The minimum Gasteiger partial charge on any atom is -0.352 e. The zero-order chi connectivity index (χ0) is 21.6. The fourth-order valence-corrected chi connectivity index (χ4v) is 3.37. The van der Waals surface area contributed by atoms with E-state index < -0.39 is 0 Å². The van der Waals surface area contributed by atoms with Gasteiger partial charge in [0.15, 0.2) is 0 Å². The Balaban J connectivity index is 1.32. The molecule has 4 rings (SSSR count). The molecule has 0 saturated carbocycles. The minimum absolute atomic E-state index is 0.167. The molecule has 0 spiro atoms. The Kier molecular flexibility index (Phi) is 6.08. The molecule has 4 aromatic rings. The number of nitrogens with zero attached hydrogens (tertiary/aromatic N) is 1. The van der Waals surface area contributed by atoms with Crippen LogP contribution in [-0.2, 0) is 6.42 Å². The molecule has 0 aliphatic heterocycles. The van der Waals surface area contributed by atoms with E-state index in [1.165, 1.54) is 0 Å². The van der Waals surface area contributed by atoms with Crippen molar-refractivity contribution in [1.29, 1.82) is 0 Å². The van der Waals surface area contributed by atoms with Gasteiger partial charge in [-0.05, 0) is 55.3 Å². The molecule has 1 aromatic heterocycles. The number of benzene rings is 3. The summed E-state index contributed by atoms with van der Waals surface area (Å²) in [6.45, 7) is 2.44. The van der Waals surface area contributed by atoms with Gasteiger partial charge in [-0.1, -0.05) is 36.4 Å². The van der Waals surface area contributed by atoms with E-state index >= 15 is 0 Å². The van der Waals surface area contributed by atoms with Gasteiger partial charge < -0.3 is 15.6 Å². The number of aromatic nitrogens is 2. The fraction of sp³-hybridized carbons (Fsp3) is 0.160. The van der Waals surface area contributed by atoms with Crippen molar-refractivity contribution < 1.29 is 9.59 Å². The fourth-order valence-electron chi connectivity index (χ4n) is 3.37. The lowest BCUT2D eigenvalue weighted by Gasteiger charge is -2.11. The Bertz CT molecular complexity index is 1180. The second kappa shape index (κ2) is 9.26. The molecule has 2 amide bonds. The number of aryl methyl sites for hydroxylation is 2. The van der Waals surface area contributed by atoms with Crippen LogP contribution < -0.4 is 10.6 Å². The number of carbonyl (C=O) groups excluding carboxylic acids is 2. The standard InChI is InChI=1S/C25H24N4O2/c1-17-13-14-19(16-22(17)29-25(31)18-8-3-2-4-9-18)24(30)26-15-7-12-23-27-20-10-5-6-11-21(20)28-23/h2-6,8-11,13-14,16H,7,12,15H2,1H3,(H,26,30)(H,27,28)(H,29,31). The van der Waals surface area contributed by atoms with E-state index in [1.54, 1.807) is 24.3 Å². The molecule has 0 fully saturated rings. The summed E-state index contributed by atoms with van der Waals surface area (Å²) in [7, 11) is 0. The van der Waals surface area contributed by atoms with Crippen molar-refractivity contribution in [2.75, 3.05) is 11.9 Å². The minimum atomic E-state index is -0.202. The van der Waals surface area contributed by atoms with Crippen molar-refractivity contribution >= 4 is 28.5 Å². The van der Waals surface area contributed by atoms with Gasteiger partial charge in [-0.3, -0.25) is 9.59 Å². The molecule has 156 valence electrons. The van der Waals surface area contributed by atoms with Gasteiger partial charge in [-0.25, -0.2) is 4.98 Å². The number of aromatic amines is 1. The van der Waals surface area contributed by atoms with Crippen molar-refractivity contribution in [3.63, 3.8) is 0 Å². The number of hydrogen-bond acceptors (Lipinski definition) is 3. The zero-order valence-corrected chi connectivity index (χ0v) is 17.3. The molecule has 3 N–H and O–H groups in total. The lowest BCUT2D eigenvalue weighted by molar-refractivity contribution is 0.0951. The average Bonchev–Trinajstić information content (AvgIpc) is 3.21. The van der Waals surface area contributed by atoms with Crippen molar-refractivity contribution in [3.8, 4) is 0 Å². The van der Waals surface area contributed by atoms with Gasteiger partial charge >= 0.3 is 0 Å². The van der Waals surface area contributed by atoms with Crippen LogP contribution >= 0.6 is 0 Å². The maximum atomic E-state index is 12.6. The number of carbonyl (C=O) groups is 2.